The molecule has 1 fully saturated rings. The molecule has 4 aliphatic heterocycles. The molecule has 8 heteroatoms. The topological polar surface area (TPSA) is 94.2 Å². The zero-order chi connectivity index (χ0) is 29.3. The number of nitrogens with one attached hydrogen (secondary N) is 1. The molecule has 1 N–H and O–H groups in total. The Morgan fingerprint density at radius 2 is 1.67 bits per heavy atom. The van der Waals surface area contributed by atoms with Gasteiger partial charge in [0.2, 0.25) is 12.7 Å². The van der Waals surface area contributed by atoms with E-state index in [1.165, 1.54) is 0 Å². The molecular weight excluding hydrogens is 544 g/mol. The molecule has 4 aromatic carbocycles. The van der Waals surface area contributed by atoms with E-state index in [0.717, 1.165) is 11.3 Å². The molecule has 0 aliphatic carbocycles. The van der Waals surface area contributed by atoms with Gasteiger partial charge >= 0.3 is 0 Å². The van der Waals surface area contributed by atoms with Crippen LogP contribution in [-0.2, 0) is 10.2 Å². The van der Waals surface area contributed by atoms with Crippen molar-refractivity contribution < 1.29 is 28.6 Å². The zero-order valence-corrected chi connectivity index (χ0v) is 23.2. The molecule has 4 atom stereocenters. The summed E-state index contributed by atoms with van der Waals surface area (Å²) in [5, 5.41) is 3.05. The average Bonchev–Trinajstić information content (AvgIpc) is 3.73. The number of nitrogens with zero attached hydrogens (tertiary/aromatic N) is 1. The highest BCUT2D eigenvalue weighted by atomic mass is 16.7. The largest absolute Gasteiger partial charge is 0.497 e. The van der Waals surface area contributed by atoms with Gasteiger partial charge in [0.15, 0.2) is 23.1 Å². The monoisotopic (exact) mass is 570 g/mol. The molecule has 43 heavy (non-hydrogen) atoms. The van der Waals surface area contributed by atoms with E-state index < -0.39 is 23.4 Å². The number of anilines is 2. The van der Waals surface area contributed by atoms with Gasteiger partial charge < -0.3 is 24.4 Å². The lowest BCUT2D eigenvalue weighted by molar-refractivity contribution is -0.121. The Bertz CT molecular complexity index is 1880. The number of methoxy groups -OCH3 is 1. The van der Waals surface area contributed by atoms with Gasteiger partial charge in [-0.3, -0.25) is 14.4 Å². The molecule has 212 valence electrons. The van der Waals surface area contributed by atoms with Crippen molar-refractivity contribution in [2.75, 3.05) is 24.1 Å². The van der Waals surface area contributed by atoms with Gasteiger partial charge in [-0.05, 0) is 53.6 Å². The maximum absolute atomic E-state index is 15.0. The molecular formula is C35H26N2O6. The molecule has 0 bridgehead atoms. The Kier molecular flexibility index (Phi) is 5.50. The van der Waals surface area contributed by atoms with Crippen LogP contribution in [0.25, 0.3) is 6.08 Å². The lowest BCUT2D eigenvalue weighted by Crippen LogP contribution is -2.51. The van der Waals surface area contributed by atoms with Crippen molar-refractivity contribution in [3.8, 4) is 17.2 Å². The number of rotatable bonds is 5. The molecule has 1 amide bonds. The van der Waals surface area contributed by atoms with E-state index in [9.17, 15) is 14.4 Å². The molecule has 4 heterocycles. The smallest absolute Gasteiger partial charge is 0.238 e. The maximum Gasteiger partial charge on any atom is 0.238 e. The molecule has 1 saturated heterocycles. The Balaban J connectivity index is 1.41. The molecule has 4 aromatic rings. The molecule has 8 rings (SSSR count). The number of hydrogen-bond acceptors (Lipinski definition) is 7. The van der Waals surface area contributed by atoms with Gasteiger partial charge in [-0.1, -0.05) is 60.7 Å². The SMILES string of the molecule is COc1cccc(C(=O)[C@H]2[C@H](C(=O)c3ccc4c(c3)OCO4)[C@]3(C(=O)Nc4ccccc43)[C@H]3C=Cc4ccccc4N23)c1. The molecule has 0 radical (unpaired) electrons. The minimum absolute atomic E-state index is 0.0600. The van der Waals surface area contributed by atoms with Crippen LogP contribution in [0, 0.1) is 5.92 Å². The Morgan fingerprint density at radius 1 is 0.884 bits per heavy atom. The summed E-state index contributed by atoms with van der Waals surface area (Å²) in [7, 11) is 1.54. The number of benzene rings is 4. The summed E-state index contributed by atoms with van der Waals surface area (Å²) >= 11 is 0. The number of hydrogen-bond donors (Lipinski definition) is 1. The number of carbonyl (C=O) groups excluding carboxylic acids is 3. The van der Waals surface area contributed by atoms with E-state index in [1.807, 2.05) is 65.6 Å². The fourth-order valence-electron chi connectivity index (χ4n) is 7.30. The van der Waals surface area contributed by atoms with Gasteiger partial charge in [0.05, 0.1) is 19.1 Å². The lowest BCUT2D eigenvalue weighted by atomic mass is 9.64. The van der Waals surface area contributed by atoms with Crippen molar-refractivity contribution in [1.29, 1.82) is 0 Å². The zero-order valence-electron chi connectivity index (χ0n) is 23.2. The molecule has 0 saturated carbocycles. The van der Waals surface area contributed by atoms with E-state index in [0.29, 0.717) is 39.6 Å². The van der Waals surface area contributed by atoms with Crippen molar-refractivity contribution in [1.82, 2.24) is 0 Å². The van der Waals surface area contributed by atoms with Crippen LogP contribution in [-0.4, -0.2) is 43.5 Å². The number of para-hydroxylation sites is 2. The van der Waals surface area contributed by atoms with Gasteiger partial charge in [-0.25, -0.2) is 0 Å². The standard InChI is InChI=1S/C35H26N2O6/c1-41-23-9-6-8-21(17-23)33(39)31-30(32(38)22-13-15-27-28(18-22)43-19-42-27)35(24-10-3-4-11-25(24)36-34(35)40)29-16-14-20-7-2-5-12-26(20)37(29)31/h2-18,29-31H,19H2,1H3,(H,36,40)/t29-,30-,31-,35-/m1/s1. The van der Waals surface area contributed by atoms with Crippen LogP contribution in [0.2, 0.25) is 0 Å². The van der Waals surface area contributed by atoms with Crippen molar-refractivity contribution in [3.63, 3.8) is 0 Å². The summed E-state index contributed by atoms with van der Waals surface area (Å²) < 4.78 is 16.5. The maximum atomic E-state index is 15.0. The highest BCUT2D eigenvalue weighted by Crippen LogP contribution is 2.58. The number of Topliss-reactive ketones (excluding diaryl/α,β-unsaturated/α-hetero) is 2. The molecule has 8 nitrogen and oxygen atoms in total. The summed E-state index contributed by atoms with van der Waals surface area (Å²) in [6, 6.07) is 25.5. The van der Waals surface area contributed by atoms with Gasteiger partial charge in [0.25, 0.3) is 0 Å². The Hall–Kier alpha value is -5.37. The predicted octanol–water partition coefficient (Wildman–Crippen LogP) is 5.28. The first-order chi connectivity index (χ1) is 21.0. The number of fused-ring (bicyclic) bond motifs is 7. The lowest BCUT2D eigenvalue weighted by Gasteiger charge is -2.37. The van der Waals surface area contributed by atoms with Gasteiger partial charge in [0.1, 0.15) is 17.2 Å². The first kappa shape index (κ1) is 25.3. The van der Waals surface area contributed by atoms with Crippen LogP contribution < -0.4 is 24.4 Å². The molecule has 4 aliphatic rings. The van der Waals surface area contributed by atoms with Crippen LogP contribution in [0.5, 0.6) is 17.2 Å². The summed E-state index contributed by atoms with van der Waals surface area (Å²) in [5.74, 6) is -0.484. The second-order valence-corrected chi connectivity index (χ2v) is 11.1. The quantitative estimate of drug-likeness (QED) is 0.326. The van der Waals surface area contributed by atoms with E-state index in [-0.39, 0.29) is 24.3 Å². The normalized spacial score (nSPS) is 23.9. The first-order valence-corrected chi connectivity index (χ1v) is 14.1. The highest BCUT2D eigenvalue weighted by Gasteiger charge is 2.70. The average molecular weight is 571 g/mol. The van der Waals surface area contributed by atoms with E-state index >= 15 is 0 Å². The third-order valence-electron chi connectivity index (χ3n) is 9.10. The van der Waals surface area contributed by atoms with Crippen LogP contribution in [0.1, 0.15) is 31.8 Å². The van der Waals surface area contributed by atoms with Crippen molar-refractivity contribution in [3.05, 3.63) is 119 Å². The predicted molar refractivity (Wildman–Crippen MR) is 160 cm³/mol. The number of amides is 1. The van der Waals surface area contributed by atoms with E-state index in [4.69, 9.17) is 14.2 Å². The first-order valence-electron chi connectivity index (χ1n) is 14.1. The number of ether oxygens (including phenoxy) is 3. The minimum Gasteiger partial charge on any atom is -0.497 e. The summed E-state index contributed by atoms with van der Waals surface area (Å²) in [6.07, 6.45) is 3.94. The van der Waals surface area contributed by atoms with Gasteiger partial charge in [-0.15, -0.1) is 0 Å². The van der Waals surface area contributed by atoms with Crippen molar-refractivity contribution >= 4 is 34.9 Å². The second-order valence-electron chi connectivity index (χ2n) is 11.1. The summed E-state index contributed by atoms with van der Waals surface area (Å²) in [4.78, 5) is 46.2. The summed E-state index contributed by atoms with van der Waals surface area (Å²) in [5.41, 5.74) is 2.35. The van der Waals surface area contributed by atoms with Crippen molar-refractivity contribution in [2.24, 2.45) is 5.92 Å². The Labute approximate surface area is 247 Å². The summed E-state index contributed by atoms with van der Waals surface area (Å²) in [6.45, 7) is 0.0600. The molecule has 1 spiro atoms. The number of carbonyl (C=O) groups is 3. The third kappa shape index (κ3) is 3.46. The van der Waals surface area contributed by atoms with Gasteiger partial charge in [-0.2, -0.15) is 0 Å². The molecule has 0 unspecified atom stereocenters. The van der Waals surface area contributed by atoms with Crippen LogP contribution in [0.3, 0.4) is 0 Å². The Morgan fingerprint density at radius 3 is 2.56 bits per heavy atom. The fraction of sp³-hybridized carbons (Fsp3) is 0.171. The van der Waals surface area contributed by atoms with Crippen LogP contribution >= 0.6 is 0 Å². The highest BCUT2D eigenvalue weighted by molar-refractivity contribution is 6.18. The number of ketones is 2. The fourth-order valence-corrected chi connectivity index (χ4v) is 7.30. The second kappa shape index (κ2) is 9.32. The van der Waals surface area contributed by atoms with E-state index in [2.05, 4.69) is 5.32 Å². The van der Waals surface area contributed by atoms with Crippen LogP contribution in [0.4, 0.5) is 11.4 Å². The van der Waals surface area contributed by atoms with Crippen molar-refractivity contribution in [2.45, 2.75) is 17.5 Å². The van der Waals surface area contributed by atoms with Crippen LogP contribution in [0.15, 0.2) is 97.1 Å². The molecule has 0 aromatic heterocycles. The van der Waals surface area contributed by atoms with Gasteiger partial charge in [0, 0.05) is 22.5 Å². The third-order valence-corrected chi connectivity index (χ3v) is 9.10. The van der Waals surface area contributed by atoms with E-state index in [1.54, 1.807) is 49.6 Å². The minimum atomic E-state index is -1.40.